The van der Waals surface area contributed by atoms with Crippen molar-refractivity contribution in [3.8, 4) is 11.5 Å². The van der Waals surface area contributed by atoms with Crippen LogP contribution in [0.25, 0.3) is 0 Å². The van der Waals surface area contributed by atoms with E-state index in [4.69, 9.17) is 9.47 Å². The second-order valence-corrected chi connectivity index (χ2v) is 7.19. The second kappa shape index (κ2) is 9.21. The van der Waals surface area contributed by atoms with E-state index in [9.17, 15) is 13.2 Å². The summed E-state index contributed by atoms with van der Waals surface area (Å²) in [6.07, 6.45) is 0.676. The van der Waals surface area contributed by atoms with Gasteiger partial charge in [0.2, 0.25) is 15.9 Å². The number of hydrogen-bond donors (Lipinski definition) is 2. The van der Waals surface area contributed by atoms with Gasteiger partial charge in [-0.15, -0.1) is 0 Å². The van der Waals surface area contributed by atoms with Gasteiger partial charge >= 0.3 is 0 Å². The van der Waals surface area contributed by atoms with Crippen molar-refractivity contribution in [2.75, 3.05) is 27.3 Å². The maximum Gasteiger partial charge on any atom is 0.241 e. The van der Waals surface area contributed by atoms with E-state index < -0.39 is 15.9 Å². The minimum absolute atomic E-state index is 0.00719. The van der Waals surface area contributed by atoms with Gasteiger partial charge in [0.15, 0.2) is 11.5 Å². The number of amides is 1. The lowest BCUT2D eigenvalue weighted by Crippen LogP contribution is -2.37. The highest BCUT2D eigenvalue weighted by Crippen LogP contribution is 2.29. The Kier molecular flexibility index (Phi) is 6.99. The van der Waals surface area contributed by atoms with Crippen LogP contribution in [0.2, 0.25) is 0 Å². The summed E-state index contributed by atoms with van der Waals surface area (Å²) in [4.78, 5) is 11.8. The summed E-state index contributed by atoms with van der Waals surface area (Å²) >= 11 is 0. The zero-order chi connectivity index (χ0) is 19.0. The molecule has 0 aliphatic carbocycles. The van der Waals surface area contributed by atoms with Crippen LogP contribution in [0.5, 0.6) is 11.5 Å². The van der Waals surface area contributed by atoms with E-state index in [1.165, 1.54) is 32.4 Å². The molecule has 2 aromatic carbocycles. The molecule has 0 aromatic heterocycles. The first kappa shape index (κ1) is 19.7. The molecule has 0 atom stereocenters. The molecule has 0 aliphatic rings. The number of carbonyl (C=O) groups is 1. The van der Waals surface area contributed by atoms with E-state index in [1.807, 2.05) is 30.3 Å². The van der Waals surface area contributed by atoms with Crippen LogP contribution in [0.1, 0.15) is 5.56 Å². The van der Waals surface area contributed by atoms with Crippen LogP contribution < -0.4 is 19.5 Å². The van der Waals surface area contributed by atoms with Crippen LogP contribution in [0.4, 0.5) is 0 Å². The number of ether oxygens (including phenoxy) is 2. The fourth-order valence-electron chi connectivity index (χ4n) is 2.28. The van der Waals surface area contributed by atoms with Crippen molar-refractivity contribution < 1.29 is 22.7 Å². The number of carbonyl (C=O) groups excluding carboxylic acids is 1. The van der Waals surface area contributed by atoms with Crippen molar-refractivity contribution >= 4 is 15.9 Å². The standard InChI is InChI=1S/C18H22N2O5S/c1-24-16-9-8-15(12-17(16)25-2)26(22,23)20-13-18(21)19-11-10-14-6-4-3-5-7-14/h3-9,12,20H,10-11,13H2,1-2H3,(H,19,21). The van der Waals surface area contributed by atoms with E-state index in [0.29, 0.717) is 24.5 Å². The van der Waals surface area contributed by atoms with Gasteiger partial charge in [-0.25, -0.2) is 13.1 Å². The van der Waals surface area contributed by atoms with Gasteiger partial charge in [-0.3, -0.25) is 4.79 Å². The lowest BCUT2D eigenvalue weighted by molar-refractivity contribution is -0.119. The maximum absolute atomic E-state index is 12.3. The molecule has 2 N–H and O–H groups in total. The molecule has 0 heterocycles. The van der Waals surface area contributed by atoms with Gasteiger partial charge in [0.1, 0.15) is 0 Å². The molecule has 2 aromatic rings. The molecule has 1 amide bonds. The Balaban J connectivity index is 1.88. The van der Waals surface area contributed by atoms with E-state index in [-0.39, 0.29) is 11.4 Å². The van der Waals surface area contributed by atoms with Gasteiger partial charge in [-0.1, -0.05) is 30.3 Å². The molecule has 2 rings (SSSR count). The third-order valence-electron chi connectivity index (χ3n) is 3.67. The van der Waals surface area contributed by atoms with Crippen molar-refractivity contribution in [1.82, 2.24) is 10.0 Å². The number of methoxy groups -OCH3 is 2. The lowest BCUT2D eigenvalue weighted by atomic mass is 10.1. The molecule has 0 fully saturated rings. The van der Waals surface area contributed by atoms with Crippen molar-refractivity contribution in [3.05, 3.63) is 54.1 Å². The highest BCUT2D eigenvalue weighted by molar-refractivity contribution is 7.89. The maximum atomic E-state index is 12.3. The lowest BCUT2D eigenvalue weighted by Gasteiger charge is -2.11. The zero-order valence-electron chi connectivity index (χ0n) is 14.7. The Bertz CT molecular complexity index is 838. The first-order chi connectivity index (χ1) is 12.5. The molecule has 7 nitrogen and oxygen atoms in total. The zero-order valence-corrected chi connectivity index (χ0v) is 15.5. The summed E-state index contributed by atoms with van der Waals surface area (Å²) < 4.78 is 37.1. The molecular formula is C18H22N2O5S. The topological polar surface area (TPSA) is 93.7 Å². The van der Waals surface area contributed by atoms with E-state index in [2.05, 4.69) is 10.0 Å². The molecule has 0 aliphatic heterocycles. The van der Waals surface area contributed by atoms with Crippen molar-refractivity contribution in [3.63, 3.8) is 0 Å². The van der Waals surface area contributed by atoms with Gasteiger partial charge in [-0.05, 0) is 24.1 Å². The second-order valence-electron chi connectivity index (χ2n) is 5.43. The van der Waals surface area contributed by atoms with Crippen molar-refractivity contribution in [2.45, 2.75) is 11.3 Å². The SMILES string of the molecule is COc1ccc(S(=O)(=O)NCC(=O)NCCc2ccccc2)cc1OC. The number of nitrogens with one attached hydrogen (secondary N) is 2. The Hall–Kier alpha value is -2.58. The number of hydrogen-bond acceptors (Lipinski definition) is 5. The highest BCUT2D eigenvalue weighted by atomic mass is 32.2. The summed E-state index contributed by atoms with van der Waals surface area (Å²) in [5.74, 6) is 0.317. The van der Waals surface area contributed by atoms with Crippen LogP contribution in [0.15, 0.2) is 53.4 Å². The van der Waals surface area contributed by atoms with Crippen molar-refractivity contribution in [1.29, 1.82) is 0 Å². The largest absolute Gasteiger partial charge is 0.493 e. The average molecular weight is 378 g/mol. The molecule has 0 bridgehead atoms. The average Bonchev–Trinajstić information content (AvgIpc) is 2.66. The van der Waals surface area contributed by atoms with Crippen LogP contribution >= 0.6 is 0 Å². The van der Waals surface area contributed by atoms with Crippen LogP contribution in [0.3, 0.4) is 0 Å². The van der Waals surface area contributed by atoms with Gasteiger partial charge in [-0.2, -0.15) is 0 Å². The molecule has 0 saturated carbocycles. The molecule has 0 unspecified atom stereocenters. The molecule has 0 spiro atoms. The summed E-state index contributed by atoms with van der Waals surface area (Å²) in [6.45, 7) is 0.0897. The molecule has 26 heavy (non-hydrogen) atoms. The minimum Gasteiger partial charge on any atom is -0.493 e. The third-order valence-corrected chi connectivity index (χ3v) is 5.07. The van der Waals surface area contributed by atoms with Gasteiger partial charge in [0, 0.05) is 12.6 Å². The minimum atomic E-state index is -3.84. The third kappa shape index (κ3) is 5.47. The Morgan fingerprint density at radius 1 is 1.00 bits per heavy atom. The molecular weight excluding hydrogens is 356 g/mol. The fourth-order valence-corrected chi connectivity index (χ4v) is 3.28. The van der Waals surface area contributed by atoms with E-state index in [0.717, 1.165) is 5.56 Å². The molecule has 0 saturated heterocycles. The summed E-state index contributed by atoms with van der Waals surface area (Å²) in [7, 11) is -0.956. The summed E-state index contributed by atoms with van der Waals surface area (Å²) in [6, 6.07) is 13.9. The van der Waals surface area contributed by atoms with Crippen LogP contribution in [-0.4, -0.2) is 41.6 Å². The number of rotatable bonds is 9. The van der Waals surface area contributed by atoms with E-state index in [1.54, 1.807) is 0 Å². The first-order valence-corrected chi connectivity index (χ1v) is 9.47. The number of benzene rings is 2. The quantitative estimate of drug-likeness (QED) is 0.687. The smallest absolute Gasteiger partial charge is 0.241 e. The Morgan fingerprint density at radius 3 is 2.35 bits per heavy atom. The van der Waals surface area contributed by atoms with E-state index >= 15 is 0 Å². The first-order valence-electron chi connectivity index (χ1n) is 7.98. The predicted octanol–water partition coefficient (Wildman–Crippen LogP) is 1.34. The van der Waals surface area contributed by atoms with Crippen molar-refractivity contribution in [2.24, 2.45) is 0 Å². The monoisotopic (exact) mass is 378 g/mol. The fraction of sp³-hybridized carbons (Fsp3) is 0.278. The summed E-state index contributed by atoms with van der Waals surface area (Å²) in [5, 5.41) is 2.69. The normalized spacial score (nSPS) is 11.0. The van der Waals surface area contributed by atoms with Crippen LogP contribution in [0, 0.1) is 0 Å². The number of sulfonamides is 1. The Morgan fingerprint density at radius 2 is 1.69 bits per heavy atom. The molecule has 8 heteroatoms. The van der Waals surface area contributed by atoms with Gasteiger partial charge in [0.05, 0.1) is 25.7 Å². The van der Waals surface area contributed by atoms with Gasteiger partial charge < -0.3 is 14.8 Å². The summed E-state index contributed by atoms with van der Waals surface area (Å²) in [5.41, 5.74) is 1.10. The predicted molar refractivity (Wildman–Crippen MR) is 97.9 cm³/mol. The molecule has 0 radical (unpaired) electrons. The van der Waals surface area contributed by atoms with Gasteiger partial charge in [0.25, 0.3) is 0 Å². The Labute approximate surface area is 153 Å². The highest BCUT2D eigenvalue weighted by Gasteiger charge is 2.18. The molecule has 140 valence electrons. The van der Waals surface area contributed by atoms with Crippen LogP contribution in [-0.2, 0) is 21.2 Å².